The minimum Gasteiger partial charge on any atom is -0.469 e. The molecule has 0 aliphatic heterocycles. The van der Waals surface area contributed by atoms with E-state index in [1.54, 1.807) is 0 Å². The van der Waals surface area contributed by atoms with Crippen LogP contribution in [0.4, 0.5) is 10.1 Å². The first-order chi connectivity index (χ1) is 9.86. The molecule has 0 N–H and O–H groups in total. The lowest BCUT2D eigenvalue weighted by molar-refractivity contribution is -0.385. The van der Waals surface area contributed by atoms with Crippen LogP contribution in [0, 0.1) is 15.9 Å². The molecule has 7 nitrogen and oxygen atoms in total. The third-order valence-corrected chi connectivity index (χ3v) is 2.84. The fourth-order valence-corrected chi connectivity index (χ4v) is 1.71. The summed E-state index contributed by atoms with van der Waals surface area (Å²) in [5.41, 5.74) is -0.776. The summed E-state index contributed by atoms with van der Waals surface area (Å²) >= 11 is 0. The van der Waals surface area contributed by atoms with Gasteiger partial charge in [0.1, 0.15) is 11.4 Å². The number of hydrogen-bond acceptors (Lipinski definition) is 5. The molecule has 114 valence electrons. The van der Waals surface area contributed by atoms with Crippen LogP contribution in [0.15, 0.2) is 18.2 Å². The number of amides is 1. The molecule has 0 atom stereocenters. The monoisotopic (exact) mass is 298 g/mol. The minimum atomic E-state index is -0.807. The first kappa shape index (κ1) is 16.5. The Morgan fingerprint density at radius 2 is 2.10 bits per heavy atom. The summed E-state index contributed by atoms with van der Waals surface area (Å²) in [5.74, 6) is -1.79. The standard InChI is InChI=1S/C13H15FN2O5/c1-15(7-3-4-12(17)21-2)13(18)10-6-5-9(14)8-11(10)16(19)20/h5-6,8H,3-4,7H2,1-2H3. The Morgan fingerprint density at radius 1 is 1.43 bits per heavy atom. The molecule has 0 spiro atoms. The molecule has 1 amide bonds. The lowest BCUT2D eigenvalue weighted by atomic mass is 10.1. The van der Waals surface area contributed by atoms with Crippen LogP contribution in [-0.4, -0.2) is 42.4 Å². The molecule has 0 saturated heterocycles. The zero-order chi connectivity index (χ0) is 16.0. The zero-order valence-electron chi connectivity index (χ0n) is 11.7. The second-order valence-electron chi connectivity index (χ2n) is 4.32. The number of nitro benzene ring substituents is 1. The molecule has 0 bridgehead atoms. The molecule has 0 aromatic heterocycles. The Kier molecular flexibility index (Phi) is 5.77. The van der Waals surface area contributed by atoms with E-state index >= 15 is 0 Å². The van der Waals surface area contributed by atoms with E-state index in [0.717, 1.165) is 12.1 Å². The Bertz CT molecular complexity index is 561. The van der Waals surface area contributed by atoms with E-state index in [1.165, 1.54) is 19.1 Å². The number of halogens is 1. The van der Waals surface area contributed by atoms with Gasteiger partial charge in [0.05, 0.1) is 18.1 Å². The second-order valence-corrected chi connectivity index (χ2v) is 4.32. The molecule has 1 rings (SSSR count). The SMILES string of the molecule is COC(=O)CCCN(C)C(=O)c1ccc(F)cc1[N+](=O)[O-]. The van der Waals surface area contributed by atoms with Crippen molar-refractivity contribution in [1.29, 1.82) is 0 Å². The van der Waals surface area contributed by atoms with Crippen LogP contribution < -0.4 is 0 Å². The van der Waals surface area contributed by atoms with Crippen molar-refractivity contribution in [2.75, 3.05) is 20.7 Å². The Balaban J connectivity index is 2.79. The molecule has 0 radical (unpaired) electrons. The van der Waals surface area contributed by atoms with Crippen molar-refractivity contribution >= 4 is 17.6 Å². The molecule has 1 aromatic rings. The van der Waals surface area contributed by atoms with E-state index in [0.29, 0.717) is 12.5 Å². The van der Waals surface area contributed by atoms with Gasteiger partial charge in [-0.1, -0.05) is 0 Å². The number of nitro groups is 1. The van der Waals surface area contributed by atoms with Gasteiger partial charge in [0.25, 0.3) is 11.6 Å². The summed E-state index contributed by atoms with van der Waals surface area (Å²) < 4.78 is 17.5. The summed E-state index contributed by atoms with van der Waals surface area (Å²) in [5, 5.41) is 10.9. The Hall–Kier alpha value is -2.51. The van der Waals surface area contributed by atoms with Crippen molar-refractivity contribution in [3.05, 3.63) is 39.7 Å². The summed E-state index contributed by atoms with van der Waals surface area (Å²) in [4.78, 5) is 34.3. The number of hydrogen-bond donors (Lipinski definition) is 0. The topological polar surface area (TPSA) is 89.8 Å². The van der Waals surface area contributed by atoms with Gasteiger partial charge in [0.15, 0.2) is 0 Å². The zero-order valence-corrected chi connectivity index (χ0v) is 11.7. The average Bonchev–Trinajstić information content (AvgIpc) is 2.45. The molecule has 1 aromatic carbocycles. The molecule has 0 fully saturated rings. The van der Waals surface area contributed by atoms with Crippen LogP contribution in [0.3, 0.4) is 0 Å². The molecule has 0 aliphatic rings. The summed E-state index contributed by atoms with van der Waals surface area (Å²) in [7, 11) is 2.71. The molecule has 0 saturated carbocycles. The van der Waals surface area contributed by atoms with Crippen LogP contribution >= 0.6 is 0 Å². The van der Waals surface area contributed by atoms with E-state index in [2.05, 4.69) is 4.74 Å². The van der Waals surface area contributed by atoms with Gasteiger partial charge in [0, 0.05) is 20.0 Å². The Labute approximate surface area is 120 Å². The first-order valence-electron chi connectivity index (χ1n) is 6.13. The minimum absolute atomic E-state index is 0.139. The number of benzene rings is 1. The fourth-order valence-electron chi connectivity index (χ4n) is 1.71. The van der Waals surface area contributed by atoms with E-state index in [1.807, 2.05) is 0 Å². The lowest BCUT2D eigenvalue weighted by Crippen LogP contribution is -2.28. The van der Waals surface area contributed by atoms with Crippen molar-refractivity contribution in [3.8, 4) is 0 Å². The van der Waals surface area contributed by atoms with Crippen molar-refractivity contribution in [2.24, 2.45) is 0 Å². The van der Waals surface area contributed by atoms with Gasteiger partial charge in [-0.05, 0) is 18.6 Å². The lowest BCUT2D eigenvalue weighted by Gasteiger charge is -2.16. The summed E-state index contributed by atoms with van der Waals surface area (Å²) in [6, 6.07) is 2.77. The van der Waals surface area contributed by atoms with E-state index in [-0.39, 0.29) is 18.5 Å². The van der Waals surface area contributed by atoms with Crippen molar-refractivity contribution in [3.63, 3.8) is 0 Å². The maximum Gasteiger partial charge on any atom is 0.305 e. The van der Waals surface area contributed by atoms with Crippen molar-refractivity contribution in [1.82, 2.24) is 4.90 Å². The predicted octanol–water partition coefficient (Wildman–Crippen LogP) is 1.76. The van der Waals surface area contributed by atoms with Gasteiger partial charge in [0.2, 0.25) is 0 Å². The smallest absolute Gasteiger partial charge is 0.305 e. The van der Waals surface area contributed by atoms with Crippen molar-refractivity contribution in [2.45, 2.75) is 12.8 Å². The number of carbonyl (C=O) groups is 2. The van der Waals surface area contributed by atoms with Gasteiger partial charge >= 0.3 is 5.97 Å². The highest BCUT2D eigenvalue weighted by atomic mass is 19.1. The highest BCUT2D eigenvalue weighted by Crippen LogP contribution is 2.21. The average molecular weight is 298 g/mol. The van der Waals surface area contributed by atoms with Gasteiger partial charge in [-0.25, -0.2) is 4.39 Å². The number of carbonyl (C=O) groups excluding carboxylic acids is 2. The maximum atomic E-state index is 13.0. The van der Waals surface area contributed by atoms with Crippen LogP contribution in [0.25, 0.3) is 0 Å². The van der Waals surface area contributed by atoms with Gasteiger partial charge in [-0.15, -0.1) is 0 Å². The van der Waals surface area contributed by atoms with Crippen LogP contribution in [0.2, 0.25) is 0 Å². The van der Waals surface area contributed by atoms with Gasteiger partial charge in [-0.3, -0.25) is 19.7 Å². The van der Waals surface area contributed by atoms with E-state index in [9.17, 15) is 24.1 Å². The predicted molar refractivity (Wildman–Crippen MR) is 71.3 cm³/mol. The first-order valence-corrected chi connectivity index (χ1v) is 6.13. The van der Waals surface area contributed by atoms with Gasteiger partial charge < -0.3 is 9.64 Å². The van der Waals surface area contributed by atoms with Crippen molar-refractivity contribution < 1.29 is 23.6 Å². The number of methoxy groups -OCH3 is 1. The van der Waals surface area contributed by atoms with Gasteiger partial charge in [-0.2, -0.15) is 0 Å². The second kappa shape index (κ2) is 7.32. The number of nitrogens with zero attached hydrogens (tertiary/aromatic N) is 2. The quantitative estimate of drug-likeness (QED) is 0.453. The molecule has 0 aliphatic carbocycles. The molecule has 0 unspecified atom stereocenters. The summed E-state index contributed by atoms with van der Waals surface area (Å²) in [6.45, 7) is 0.225. The van der Waals surface area contributed by atoms with Crippen LogP contribution in [-0.2, 0) is 9.53 Å². The largest absolute Gasteiger partial charge is 0.469 e. The highest BCUT2D eigenvalue weighted by Gasteiger charge is 2.23. The number of esters is 1. The molecular formula is C13H15FN2O5. The third kappa shape index (κ3) is 4.51. The molecule has 0 heterocycles. The van der Waals surface area contributed by atoms with E-state index < -0.39 is 28.3 Å². The number of rotatable bonds is 6. The normalized spacial score (nSPS) is 10.0. The third-order valence-electron chi connectivity index (χ3n) is 2.84. The fraction of sp³-hybridized carbons (Fsp3) is 0.385. The van der Waals surface area contributed by atoms with Crippen LogP contribution in [0.5, 0.6) is 0 Å². The molecule has 21 heavy (non-hydrogen) atoms. The van der Waals surface area contributed by atoms with E-state index in [4.69, 9.17) is 0 Å². The highest BCUT2D eigenvalue weighted by molar-refractivity contribution is 5.98. The maximum absolute atomic E-state index is 13.0. The van der Waals surface area contributed by atoms with Crippen LogP contribution in [0.1, 0.15) is 23.2 Å². The molecular weight excluding hydrogens is 283 g/mol. The summed E-state index contributed by atoms with van der Waals surface area (Å²) in [6.07, 6.45) is 0.504. The Morgan fingerprint density at radius 3 is 2.67 bits per heavy atom. The molecule has 8 heteroatoms. The number of ether oxygens (including phenoxy) is 1.